The van der Waals surface area contributed by atoms with Crippen LogP contribution < -0.4 is 4.74 Å². The van der Waals surface area contributed by atoms with Crippen LogP contribution in [0.2, 0.25) is 0 Å². The number of nitrogens with zero attached hydrogens (tertiary/aromatic N) is 3. The van der Waals surface area contributed by atoms with Crippen molar-refractivity contribution in [2.45, 2.75) is 26.2 Å². The third kappa shape index (κ3) is 4.64. The Bertz CT molecular complexity index is 1190. The van der Waals surface area contributed by atoms with E-state index in [-0.39, 0.29) is 22.7 Å². The number of hydrogen-bond acceptors (Lipinski definition) is 7. The predicted molar refractivity (Wildman–Crippen MR) is 123 cm³/mol. The molecule has 1 heterocycles. The summed E-state index contributed by atoms with van der Waals surface area (Å²) in [5.74, 6) is -2.69. The summed E-state index contributed by atoms with van der Waals surface area (Å²) < 4.78 is 5.10. The van der Waals surface area contributed by atoms with E-state index in [4.69, 9.17) is 4.74 Å². The third-order valence-corrected chi connectivity index (χ3v) is 6.65. The fourth-order valence-corrected chi connectivity index (χ4v) is 4.75. The predicted octanol–water partition coefficient (Wildman–Crippen LogP) is 3.26. The number of benzene rings is 2. The maximum absolute atomic E-state index is 13.5. The van der Waals surface area contributed by atoms with Gasteiger partial charge in [0.25, 0.3) is 23.4 Å². The molecule has 2 aliphatic rings. The Hall–Kier alpha value is -4.08. The van der Waals surface area contributed by atoms with E-state index in [0.29, 0.717) is 18.6 Å². The molecule has 1 aliphatic heterocycles. The number of non-ortho nitro benzene ring substituents is 1. The number of carbonyl (C=O) groups excluding carboxylic acids is 4. The van der Waals surface area contributed by atoms with Crippen LogP contribution in [0.1, 0.15) is 46.9 Å². The summed E-state index contributed by atoms with van der Waals surface area (Å²) in [6.45, 7) is 1.43. The smallest absolute Gasteiger partial charge is 0.273 e. The van der Waals surface area contributed by atoms with Gasteiger partial charge in [-0.25, -0.2) is 5.01 Å². The van der Waals surface area contributed by atoms with Crippen LogP contribution in [0, 0.1) is 27.9 Å². The second kappa shape index (κ2) is 9.65. The molecule has 0 aromatic heterocycles. The number of ketones is 1. The van der Waals surface area contributed by atoms with Gasteiger partial charge < -0.3 is 4.74 Å². The highest BCUT2D eigenvalue weighted by Gasteiger charge is 2.52. The van der Waals surface area contributed by atoms with Gasteiger partial charge in [0, 0.05) is 23.3 Å². The standard InChI is InChI=1S/C25H25N3O7/c1-15-6-11-20-21(12-15)25(32)27(24(20)31)26(14-22(29)16-7-9-19(35-2)10-8-16)23(30)17-4-3-5-18(13-17)28(33)34/h3-5,7-10,13,15,20-21H,6,11-12,14H2,1-2H3/t15-,20+,21-/m0/s1. The summed E-state index contributed by atoms with van der Waals surface area (Å²) in [5, 5.41) is 12.8. The summed E-state index contributed by atoms with van der Waals surface area (Å²) in [6, 6.07) is 11.2. The van der Waals surface area contributed by atoms with Crippen molar-refractivity contribution < 1.29 is 28.8 Å². The van der Waals surface area contributed by atoms with Crippen LogP contribution in [0.3, 0.4) is 0 Å². The number of ether oxygens (including phenoxy) is 1. The molecule has 0 bridgehead atoms. The molecule has 4 rings (SSSR count). The maximum atomic E-state index is 13.5. The molecular weight excluding hydrogens is 454 g/mol. The van der Waals surface area contributed by atoms with E-state index in [1.165, 1.54) is 37.4 Å². The van der Waals surface area contributed by atoms with Gasteiger partial charge in [-0.05, 0) is 55.5 Å². The van der Waals surface area contributed by atoms with E-state index in [1.807, 2.05) is 6.92 Å². The van der Waals surface area contributed by atoms with E-state index in [0.717, 1.165) is 22.5 Å². The first-order valence-corrected chi connectivity index (χ1v) is 11.3. The Morgan fingerprint density at radius 2 is 1.74 bits per heavy atom. The molecule has 10 nitrogen and oxygen atoms in total. The van der Waals surface area contributed by atoms with Crippen molar-refractivity contribution in [3.8, 4) is 5.75 Å². The molecule has 182 valence electrons. The Kier molecular flexibility index (Phi) is 6.63. The zero-order valence-corrected chi connectivity index (χ0v) is 19.4. The molecule has 0 unspecified atom stereocenters. The van der Waals surface area contributed by atoms with Crippen molar-refractivity contribution in [1.29, 1.82) is 0 Å². The van der Waals surface area contributed by atoms with Gasteiger partial charge in [0.05, 0.1) is 23.9 Å². The average Bonchev–Trinajstić information content (AvgIpc) is 3.11. The average molecular weight is 479 g/mol. The summed E-state index contributed by atoms with van der Waals surface area (Å²) in [5.41, 5.74) is -0.169. The van der Waals surface area contributed by atoms with Crippen LogP contribution >= 0.6 is 0 Å². The molecule has 35 heavy (non-hydrogen) atoms. The second-order valence-electron chi connectivity index (χ2n) is 8.94. The number of fused-ring (bicyclic) bond motifs is 1. The highest BCUT2D eigenvalue weighted by molar-refractivity contribution is 6.09. The van der Waals surface area contributed by atoms with Crippen LogP contribution in [0.15, 0.2) is 48.5 Å². The van der Waals surface area contributed by atoms with E-state index >= 15 is 0 Å². The van der Waals surface area contributed by atoms with Gasteiger partial charge in [-0.3, -0.25) is 29.3 Å². The fraction of sp³-hybridized carbons (Fsp3) is 0.360. The summed E-state index contributed by atoms with van der Waals surface area (Å²) in [6.07, 6.45) is 1.84. The maximum Gasteiger partial charge on any atom is 0.273 e. The number of rotatable bonds is 7. The van der Waals surface area contributed by atoms with Crippen LogP contribution in [-0.4, -0.2) is 52.1 Å². The van der Waals surface area contributed by atoms with Crippen molar-refractivity contribution in [2.75, 3.05) is 13.7 Å². The van der Waals surface area contributed by atoms with E-state index in [9.17, 15) is 29.3 Å². The number of carbonyl (C=O) groups is 4. The molecule has 2 aromatic carbocycles. The van der Waals surface area contributed by atoms with Gasteiger partial charge in [0.2, 0.25) is 0 Å². The van der Waals surface area contributed by atoms with Crippen molar-refractivity contribution in [1.82, 2.24) is 10.0 Å². The lowest BCUT2D eigenvalue weighted by atomic mass is 9.76. The molecule has 2 aromatic rings. The highest BCUT2D eigenvalue weighted by Crippen LogP contribution is 2.41. The molecule has 1 aliphatic carbocycles. The molecule has 10 heteroatoms. The van der Waals surface area contributed by atoms with Gasteiger partial charge in [-0.1, -0.05) is 13.0 Å². The molecule has 0 radical (unpaired) electrons. The van der Waals surface area contributed by atoms with E-state index < -0.39 is 46.8 Å². The summed E-state index contributed by atoms with van der Waals surface area (Å²) in [7, 11) is 1.49. The van der Waals surface area contributed by atoms with Gasteiger partial charge >= 0.3 is 0 Å². The molecular formula is C25H25N3O7. The first-order valence-electron chi connectivity index (χ1n) is 11.3. The third-order valence-electron chi connectivity index (χ3n) is 6.65. The number of hydrogen-bond donors (Lipinski definition) is 0. The first kappa shape index (κ1) is 24.1. The van der Waals surface area contributed by atoms with E-state index in [1.54, 1.807) is 12.1 Å². The van der Waals surface area contributed by atoms with Crippen LogP contribution in [0.4, 0.5) is 5.69 Å². The summed E-state index contributed by atoms with van der Waals surface area (Å²) in [4.78, 5) is 63.8. The molecule has 3 amide bonds. The molecule has 3 atom stereocenters. The summed E-state index contributed by atoms with van der Waals surface area (Å²) >= 11 is 0. The van der Waals surface area contributed by atoms with Crippen LogP contribution in [-0.2, 0) is 9.59 Å². The van der Waals surface area contributed by atoms with Crippen molar-refractivity contribution in [3.05, 3.63) is 69.8 Å². The Labute approximate surface area is 201 Å². The topological polar surface area (TPSA) is 127 Å². The lowest BCUT2D eigenvalue weighted by Crippen LogP contribution is -2.52. The molecule has 1 saturated carbocycles. The minimum absolute atomic E-state index is 0.106. The number of methoxy groups -OCH3 is 1. The van der Waals surface area contributed by atoms with Gasteiger partial charge in [-0.2, -0.15) is 5.01 Å². The van der Waals surface area contributed by atoms with Crippen molar-refractivity contribution in [2.24, 2.45) is 17.8 Å². The van der Waals surface area contributed by atoms with Crippen molar-refractivity contribution >= 4 is 29.2 Å². The monoisotopic (exact) mass is 479 g/mol. The first-order chi connectivity index (χ1) is 16.7. The number of nitro groups is 1. The second-order valence-corrected chi connectivity index (χ2v) is 8.94. The minimum Gasteiger partial charge on any atom is -0.497 e. The van der Waals surface area contributed by atoms with E-state index in [2.05, 4.69) is 0 Å². The zero-order valence-electron chi connectivity index (χ0n) is 19.4. The molecule has 2 fully saturated rings. The number of imide groups is 1. The van der Waals surface area contributed by atoms with Gasteiger partial charge in [0.1, 0.15) is 12.3 Å². The van der Waals surface area contributed by atoms with Crippen LogP contribution in [0.5, 0.6) is 5.75 Å². The largest absolute Gasteiger partial charge is 0.497 e. The highest BCUT2D eigenvalue weighted by atomic mass is 16.6. The SMILES string of the molecule is COc1ccc(C(=O)CN(C(=O)c2cccc([N+](=O)[O-])c2)N2C(=O)[C@H]3C[C@@H](C)CC[C@H]3C2=O)cc1. The number of hydrazine groups is 1. The van der Waals surface area contributed by atoms with Crippen molar-refractivity contribution in [3.63, 3.8) is 0 Å². The molecule has 0 N–H and O–H groups in total. The van der Waals surface area contributed by atoms with Gasteiger partial charge in [-0.15, -0.1) is 0 Å². The lowest BCUT2D eigenvalue weighted by Gasteiger charge is -2.30. The fourth-order valence-electron chi connectivity index (χ4n) is 4.75. The zero-order chi connectivity index (χ0) is 25.3. The lowest BCUT2D eigenvalue weighted by molar-refractivity contribution is -0.384. The Morgan fingerprint density at radius 3 is 2.40 bits per heavy atom. The minimum atomic E-state index is -0.844. The molecule has 1 saturated heterocycles. The normalized spacial score (nSPS) is 21.4. The Balaban J connectivity index is 1.70. The quantitative estimate of drug-likeness (QED) is 0.258. The molecule has 0 spiro atoms. The number of amides is 3. The number of nitro benzene ring substituents is 1. The van der Waals surface area contributed by atoms with Gasteiger partial charge in [0.15, 0.2) is 5.78 Å². The number of Topliss-reactive ketones (excluding diaryl/α,β-unsaturated/α-hetero) is 1. The Morgan fingerprint density at radius 1 is 1.06 bits per heavy atom. The van der Waals surface area contributed by atoms with Crippen LogP contribution in [0.25, 0.3) is 0 Å².